The summed E-state index contributed by atoms with van der Waals surface area (Å²) in [4.78, 5) is 35.2. The first kappa shape index (κ1) is 18.6. The predicted molar refractivity (Wildman–Crippen MR) is 100 cm³/mol. The molecule has 7 heteroatoms. The summed E-state index contributed by atoms with van der Waals surface area (Å²) in [6, 6.07) is 14.1. The lowest BCUT2D eigenvalue weighted by Crippen LogP contribution is -2.22. The highest BCUT2D eigenvalue weighted by Gasteiger charge is 2.30. The Hall–Kier alpha value is -3.19. The van der Waals surface area contributed by atoms with E-state index in [1.807, 2.05) is 0 Å². The summed E-state index contributed by atoms with van der Waals surface area (Å²) in [7, 11) is 0. The number of ether oxygens (including phenoxy) is 1. The number of rotatable bonds is 7. The van der Waals surface area contributed by atoms with Crippen LogP contribution in [0.2, 0.25) is 0 Å². The van der Waals surface area contributed by atoms with Crippen molar-refractivity contribution in [3.63, 3.8) is 0 Å². The Morgan fingerprint density at radius 3 is 2.41 bits per heavy atom. The maximum atomic E-state index is 12.4. The molecule has 0 spiro atoms. The van der Waals surface area contributed by atoms with E-state index in [1.54, 1.807) is 48.5 Å². The van der Waals surface area contributed by atoms with Crippen LogP contribution in [0.15, 0.2) is 48.5 Å². The van der Waals surface area contributed by atoms with Crippen molar-refractivity contribution in [2.45, 2.75) is 12.8 Å². The number of anilines is 1. The minimum atomic E-state index is -0.336. The van der Waals surface area contributed by atoms with Crippen molar-refractivity contribution < 1.29 is 19.1 Å². The van der Waals surface area contributed by atoms with Gasteiger partial charge >= 0.3 is 0 Å². The fraction of sp³-hybridized carbons (Fsp3) is 0.250. The van der Waals surface area contributed by atoms with Crippen molar-refractivity contribution in [1.82, 2.24) is 5.32 Å². The molecule has 1 saturated heterocycles. The van der Waals surface area contributed by atoms with E-state index in [9.17, 15) is 14.4 Å². The van der Waals surface area contributed by atoms with Crippen LogP contribution >= 0.6 is 0 Å². The fourth-order valence-corrected chi connectivity index (χ4v) is 2.86. The molecule has 0 bridgehead atoms. The van der Waals surface area contributed by atoms with Gasteiger partial charge in [-0.3, -0.25) is 19.7 Å². The SMILES string of the molecule is NCCOc1ccc(NC(=O)c2ccc(CC3CC(=O)NC3=O)cc2)cc1. The summed E-state index contributed by atoms with van der Waals surface area (Å²) >= 11 is 0. The third kappa shape index (κ3) is 4.92. The van der Waals surface area contributed by atoms with Crippen LogP contribution in [-0.2, 0) is 16.0 Å². The molecule has 0 aliphatic carbocycles. The fourth-order valence-electron chi connectivity index (χ4n) is 2.86. The maximum Gasteiger partial charge on any atom is 0.255 e. The number of nitrogens with two attached hydrogens (primary N) is 1. The van der Waals surface area contributed by atoms with Crippen LogP contribution in [0, 0.1) is 5.92 Å². The second-order valence-corrected chi connectivity index (χ2v) is 6.33. The van der Waals surface area contributed by atoms with Crippen LogP contribution in [0.1, 0.15) is 22.3 Å². The first-order valence-corrected chi connectivity index (χ1v) is 8.72. The molecular formula is C20H21N3O4. The van der Waals surface area contributed by atoms with Gasteiger partial charge in [0.25, 0.3) is 5.91 Å². The molecule has 2 aromatic carbocycles. The van der Waals surface area contributed by atoms with E-state index in [0.29, 0.717) is 36.6 Å². The standard InChI is InChI=1S/C20H21N3O4/c21-9-10-27-17-7-5-16(6-8-17)22-19(25)14-3-1-13(2-4-14)11-15-12-18(24)23-20(15)26/h1-8,15H,9-12,21H2,(H,22,25)(H,23,24,26). The van der Waals surface area contributed by atoms with Gasteiger partial charge in [0.15, 0.2) is 0 Å². The number of amides is 3. The van der Waals surface area contributed by atoms with Crippen LogP contribution in [0.4, 0.5) is 5.69 Å². The molecule has 1 atom stereocenters. The van der Waals surface area contributed by atoms with Gasteiger partial charge in [-0.25, -0.2) is 0 Å². The smallest absolute Gasteiger partial charge is 0.255 e. The van der Waals surface area contributed by atoms with Gasteiger partial charge in [0, 0.05) is 24.2 Å². The summed E-state index contributed by atoms with van der Waals surface area (Å²) < 4.78 is 5.39. The number of hydrogen-bond acceptors (Lipinski definition) is 5. The van der Waals surface area contributed by atoms with E-state index in [0.717, 1.165) is 5.56 Å². The zero-order chi connectivity index (χ0) is 19.2. The molecule has 0 aromatic heterocycles. The Bertz CT molecular complexity index is 831. The van der Waals surface area contributed by atoms with E-state index in [-0.39, 0.29) is 30.1 Å². The number of carbonyl (C=O) groups is 3. The average Bonchev–Trinajstić information content (AvgIpc) is 2.98. The molecule has 1 unspecified atom stereocenters. The zero-order valence-electron chi connectivity index (χ0n) is 14.7. The molecule has 1 aliphatic heterocycles. The average molecular weight is 367 g/mol. The summed E-state index contributed by atoms with van der Waals surface area (Å²) in [6.07, 6.45) is 0.690. The molecule has 1 aliphatic rings. The second kappa shape index (κ2) is 8.46. The van der Waals surface area contributed by atoms with Crippen molar-refractivity contribution in [3.8, 4) is 5.75 Å². The minimum Gasteiger partial charge on any atom is -0.492 e. The van der Waals surface area contributed by atoms with Gasteiger partial charge in [-0.15, -0.1) is 0 Å². The van der Waals surface area contributed by atoms with E-state index in [1.165, 1.54) is 0 Å². The van der Waals surface area contributed by atoms with Gasteiger partial charge in [0.1, 0.15) is 12.4 Å². The lowest BCUT2D eigenvalue weighted by atomic mass is 9.97. The van der Waals surface area contributed by atoms with Crippen molar-refractivity contribution in [2.75, 3.05) is 18.5 Å². The first-order valence-electron chi connectivity index (χ1n) is 8.72. The highest BCUT2D eigenvalue weighted by Crippen LogP contribution is 2.19. The molecule has 2 aromatic rings. The Morgan fingerprint density at radius 1 is 1.11 bits per heavy atom. The number of nitrogens with one attached hydrogen (secondary N) is 2. The molecular weight excluding hydrogens is 346 g/mol. The Balaban J connectivity index is 1.57. The second-order valence-electron chi connectivity index (χ2n) is 6.33. The lowest BCUT2D eigenvalue weighted by molar-refractivity contribution is -0.125. The van der Waals surface area contributed by atoms with Crippen LogP contribution < -0.4 is 21.1 Å². The van der Waals surface area contributed by atoms with Gasteiger partial charge < -0.3 is 15.8 Å². The quantitative estimate of drug-likeness (QED) is 0.642. The van der Waals surface area contributed by atoms with Crippen molar-refractivity contribution in [2.24, 2.45) is 11.7 Å². The van der Waals surface area contributed by atoms with Crippen molar-refractivity contribution >= 4 is 23.4 Å². The minimum absolute atomic E-state index is 0.214. The number of hydrogen-bond donors (Lipinski definition) is 3. The van der Waals surface area contributed by atoms with Gasteiger partial charge in [-0.05, 0) is 48.4 Å². The van der Waals surface area contributed by atoms with Crippen LogP contribution in [0.5, 0.6) is 5.75 Å². The third-order valence-corrected chi connectivity index (χ3v) is 4.26. The molecule has 27 heavy (non-hydrogen) atoms. The summed E-state index contributed by atoms with van der Waals surface area (Å²) in [5.74, 6) is -0.346. The zero-order valence-corrected chi connectivity index (χ0v) is 14.7. The third-order valence-electron chi connectivity index (χ3n) is 4.26. The highest BCUT2D eigenvalue weighted by atomic mass is 16.5. The maximum absolute atomic E-state index is 12.4. The topological polar surface area (TPSA) is 111 Å². The summed E-state index contributed by atoms with van der Waals surface area (Å²) in [6.45, 7) is 0.880. The van der Waals surface area contributed by atoms with Crippen LogP contribution in [0.25, 0.3) is 0 Å². The Kier molecular flexibility index (Phi) is 5.83. The van der Waals surface area contributed by atoms with E-state index in [2.05, 4.69) is 10.6 Å². The molecule has 4 N–H and O–H groups in total. The van der Waals surface area contributed by atoms with Crippen molar-refractivity contribution in [3.05, 3.63) is 59.7 Å². The van der Waals surface area contributed by atoms with E-state index >= 15 is 0 Å². The molecule has 1 fully saturated rings. The number of carbonyl (C=O) groups excluding carboxylic acids is 3. The van der Waals surface area contributed by atoms with Gasteiger partial charge in [0.05, 0.1) is 5.92 Å². The normalized spacial score (nSPS) is 16.1. The molecule has 3 amide bonds. The molecule has 1 heterocycles. The van der Waals surface area contributed by atoms with E-state index in [4.69, 9.17) is 10.5 Å². The monoisotopic (exact) mass is 367 g/mol. The summed E-state index contributed by atoms with van der Waals surface area (Å²) in [5.41, 5.74) is 7.46. The first-order chi connectivity index (χ1) is 13.0. The Morgan fingerprint density at radius 2 is 1.81 bits per heavy atom. The Labute approximate surface area is 156 Å². The molecule has 0 saturated carbocycles. The van der Waals surface area contributed by atoms with Gasteiger partial charge in [-0.1, -0.05) is 12.1 Å². The molecule has 0 radical (unpaired) electrons. The van der Waals surface area contributed by atoms with Crippen LogP contribution in [0.3, 0.4) is 0 Å². The van der Waals surface area contributed by atoms with E-state index < -0.39 is 0 Å². The highest BCUT2D eigenvalue weighted by molar-refractivity contribution is 6.04. The van der Waals surface area contributed by atoms with Gasteiger partial charge in [-0.2, -0.15) is 0 Å². The van der Waals surface area contributed by atoms with Crippen molar-refractivity contribution in [1.29, 1.82) is 0 Å². The largest absolute Gasteiger partial charge is 0.492 e. The molecule has 140 valence electrons. The predicted octanol–water partition coefficient (Wildman–Crippen LogP) is 1.48. The molecule has 7 nitrogen and oxygen atoms in total. The number of imide groups is 1. The van der Waals surface area contributed by atoms with Crippen LogP contribution in [-0.4, -0.2) is 30.9 Å². The molecule has 3 rings (SSSR count). The van der Waals surface area contributed by atoms with Gasteiger partial charge in [0.2, 0.25) is 11.8 Å². The summed E-state index contributed by atoms with van der Waals surface area (Å²) in [5, 5.41) is 5.12. The number of benzene rings is 2. The lowest BCUT2D eigenvalue weighted by Gasteiger charge is -2.09.